The summed E-state index contributed by atoms with van der Waals surface area (Å²) in [7, 11) is 1.56. The van der Waals surface area contributed by atoms with Crippen molar-refractivity contribution in [2.24, 2.45) is 5.10 Å². The fourth-order valence-electron chi connectivity index (χ4n) is 2.35. The molecule has 29 heavy (non-hydrogen) atoms. The van der Waals surface area contributed by atoms with Gasteiger partial charge in [-0.05, 0) is 78.4 Å². The van der Waals surface area contributed by atoms with E-state index in [1.54, 1.807) is 79.9 Å². The summed E-state index contributed by atoms with van der Waals surface area (Å²) in [4.78, 5) is 24.2. The van der Waals surface area contributed by atoms with E-state index in [0.717, 1.165) is 10.0 Å². The maximum Gasteiger partial charge on any atom is 0.343 e. The molecule has 0 heterocycles. The van der Waals surface area contributed by atoms with Crippen molar-refractivity contribution >= 4 is 34.0 Å². The zero-order valence-corrected chi connectivity index (χ0v) is 17.0. The van der Waals surface area contributed by atoms with Crippen LogP contribution in [0.1, 0.15) is 26.3 Å². The van der Waals surface area contributed by atoms with E-state index >= 15 is 0 Å². The van der Waals surface area contributed by atoms with Gasteiger partial charge in [-0.1, -0.05) is 15.9 Å². The Kier molecular flexibility index (Phi) is 6.76. The molecule has 3 aromatic rings. The van der Waals surface area contributed by atoms with E-state index in [1.807, 2.05) is 0 Å². The second-order valence-corrected chi connectivity index (χ2v) is 6.81. The van der Waals surface area contributed by atoms with Crippen LogP contribution in [0.3, 0.4) is 0 Å². The predicted molar refractivity (Wildman–Crippen MR) is 114 cm³/mol. The lowest BCUT2D eigenvalue weighted by Gasteiger charge is -2.05. The van der Waals surface area contributed by atoms with Gasteiger partial charge in [-0.3, -0.25) is 4.79 Å². The highest BCUT2D eigenvalue weighted by molar-refractivity contribution is 9.10. The largest absolute Gasteiger partial charge is 0.497 e. The number of esters is 1. The number of nitrogens with zero attached hydrogens (tertiary/aromatic N) is 1. The molecule has 0 aliphatic rings. The standard InChI is InChI=1S/C22H17BrN2O4/c1-28-19-12-6-16(7-13-19)21(26)25-24-14-15-2-10-20(11-3-15)29-22(27)17-4-8-18(23)9-5-17/h2-14H,1H3,(H,25,26). The molecule has 6 nitrogen and oxygen atoms in total. The SMILES string of the molecule is COc1ccc(C(=O)NN=Cc2ccc(OC(=O)c3ccc(Br)cc3)cc2)cc1. The third-order valence-electron chi connectivity index (χ3n) is 3.90. The van der Waals surface area contributed by atoms with Gasteiger partial charge in [0, 0.05) is 10.0 Å². The lowest BCUT2D eigenvalue weighted by atomic mass is 10.2. The number of carbonyl (C=O) groups excluding carboxylic acids is 2. The second kappa shape index (κ2) is 9.66. The number of amides is 1. The highest BCUT2D eigenvalue weighted by Crippen LogP contribution is 2.16. The fraction of sp³-hybridized carbons (Fsp3) is 0.0455. The minimum absolute atomic E-state index is 0.330. The summed E-state index contributed by atoms with van der Waals surface area (Å²) in [6, 6.07) is 20.4. The average molecular weight is 453 g/mol. The molecule has 0 saturated heterocycles. The van der Waals surface area contributed by atoms with Gasteiger partial charge < -0.3 is 9.47 Å². The van der Waals surface area contributed by atoms with E-state index in [9.17, 15) is 9.59 Å². The average Bonchev–Trinajstić information content (AvgIpc) is 2.75. The highest BCUT2D eigenvalue weighted by Gasteiger charge is 2.08. The molecule has 0 saturated carbocycles. The summed E-state index contributed by atoms with van der Waals surface area (Å²) in [5.41, 5.74) is 4.13. The van der Waals surface area contributed by atoms with Crippen molar-refractivity contribution in [3.8, 4) is 11.5 Å². The molecular formula is C22H17BrN2O4. The van der Waals surface area contributed by atoms with Crippen LogP contribution in [-0.4, -0.2) is 25.2 Å². The maximum absolute atomic E-state index is 12.1. The Morgan fingerprint density at radius 2 is 1.45 bits per heavy atom. The zero-order valence-electron chi connectivity index (χ0n) is 15.5. The quantitative estimate of drug-likeness (QED) is 0.259. The number of methoxy groups -OCH3 is 1. The number of hydrogen-bond donors (Lipinski definition) is 1. The lowest BCUT2D eigenvalue weighted by Crippen LogP contribution is -2.17. The Labute approximate surface area is 176 Å². The van der Waals surface area contributed by atoms with E-state index in [0.29, 0.717) is 22.6 Å². The van der Waals surface area contributed by atoms with Crippen LogP contribution in [0.4, 0.5) is 0 Å². The lowest BCUT2D eigenvalue weighted by molar-refractivity contribution is 0.0734. The first-order valence-corrected chi connectivity index (χ1v) is 9.40. The molecule has 0 unspecified atom stereocenters. The smallest absolute Gasteiger partial charge is 0.343 e. The Balaban J connectivity index is 1.54. The monoisotopic (exact) mass is 452 g/mol. The molecule has 1 amide bonds. The minimum atomic E-state index is -0.439. The van der Waals surface area contributed by atoms with Gasteiger partial charge in [0.15, 0.2) is 0 Å². The van der Waals surface area contributed by atoms with Crippen molar-refractivity contribution in [2.75, 3.05) is 7.11 Å². The Bertz CT molecular complexity index is 1010. The van der Waals surface area contributed by atoms with Gasteiger partial charge in [-0.25, -0.2) is 10.2 Å². The minimum Gasteiger partial charge on any atom is -0.497 e. The summed E-state index contributed by atoms with van der Waals surface area (Å²) < 4.78 is 11.3. The van der Waals surface area contributed by atoms with E-state index in [2.05, 4.69) is 26.5 Å². The molecule has 3 aromatic carbocycles. The second-order valence-electron chi connectivity index (χ2n) is 5.89. The summed E-state index contributed by atoms with van der Waals surface area (Å²) in [6.07, 6.45) is 1.50. The molecule has 0 fully saturated rings. The first kappa shape index (κ1) is 20.3. The van der Waals surface area contributed by atoms with E-state index in [1.165, 1.54) is 6.21 Å². The molecule has 0 bridgehead atoms. The number of hydrazone groups is 1. The summed E-state index contributed by atoms with van der Waals surface area (Å²) in [6.45, 7) is 0. The van der Waals surface area contributed by atoms with E-state index in [-0.39, 0.29) is 5.91 Å². The molecule has 0 spiro atoms. The van der Waals surface area contributed by atoms with Crippen LogP contribution in [0.2, 0.25) is 0 Å². The van der Waals surface area contributed by atoms with Crippen LogP contribution in [0, 0.1) is 0 Å². The number of hydrogen-bond acceptors (Lipinski definition) is 5. The third-order valence-corrected chi connectivity index (χ3v) is 4.43. The number of rotatable bonds is 6. The van der Waals surface area contributed by atoms with Crippen LogP contribution in [-0.2, 0) is 0 Å². The van der Waals surface area contributed by atoms with Crippen molar-refractivity contribution in [2.45, 2.75) is 0 Å². The fourth-order valence-corrected chi connectivity index (χ4v) is 2.61. The van der Waals surface area contributed by atoms with Gasteiger partial charge >= 0.3 is 5.97 Å². The molecular weight excluding hydrogens is 436 g/mol. The number of carbonyl (C=O) groups is 2. The molecule has 0 aliphatic heterocycles. The highest BCUT2D eigenvalue weighted by atomic mass is 79.9. The maximum atomic E-state index is 12.1. The zero-order chi connectivity index (χ0) is 20.6. The number of nitrogens with one attached hydrogen (secondary N) is 1. The summed E-state index contributed by atoms with van der Waals surface area (Å²) in [5, 5.41) is 3.94. The molecule has 0 atom stereocenters. The molecule has 0 aromatic heterocycles. The molecule has 146 valence electrons. The number of benzene rings is 3. The topological polar surface area (TPSA) is 77.0 Å². The van der Waals surface area contributed by atoms with Crippen LogP contribution >= 0.6 is 15.9 Å². The van der Waals surface area contributed by atoms with Crippen molar-refractivity contribution in [1.82, 2.24) is 5.43 Å². The molecule has 7 heteroatoms. The molecule has 1 N–H and O–H groups in total. The van der Waals surface area contributed by atoms with Crippen molar-refractivity contribution < 1.29 is 19.1 Å². The van der Waals surface area contributed by atoms with Gasteiger partial charge in [-0.15, -0.1) is 0 Å². The first-order chi connectivity index (χ1) is 14.0. The Morgan fingerprint density at radius 3 is 2.07 bits per heavy atom. The third kappa shape index (κ3) is 5.76. The van der Waals surface area contributed by atoms with Crippen LogP contribution in [0.25, 0.3) is 0 Å². The molecule has 0 aliphatic carbocycles. The normalized spacial score (nSPS) is 10.6. The van der Waals surface area contributed by atoms with Gasteiger partial charge in [0.05, 0.1) is 18.9 Å². The van der Waals surface area contributed by atoms with E-state index < -0.39 is 5.97 Å². The van der Waals surface area contributed by atoms with Gasteiger partial charge in [0.1, 0.15) is 11.5 Å². The van der Waals surface area contributed by atoms with Gasteiger partial charge in [-0.2, -0.15) is 5.10 Å². The Morgan fingerprint density at radius 1 is 0.862 bits per heavy atom. The van der Waals surface area contributed by atoms with E-state index in [4.69, 9.17) is 9.47 Å². The molecule has 0 radical (unpaired) electrons. The number of halogens is 1. The van der Waals surface area contributed by atoms with Gasteiger partial charge in [0.2, 0.25) is 0 Å². The van der Waals surface area contributed by atoms with Crippen molar-refractivity contribution in [1.29, 1.82) is 0 Å². The van der Waals surface area contributed by atoms with Crippen LogP contribution < -0.4 is 14.9 Å². The van der Waals surface area contributed by atoms with Crippen LogP contribution in [0.15, 0.2) is 82.4 Å². The summed E-state index contributed by atoms with van der Waals surface area (Å²) >= 11 is 3.32. The number of ether oxygens (including phenoxy) is 2. The predicted octanol–water partition coefficient (Wildman–Crippen LogP) is 4.44. The first-order valence-electron chi connectivity index (χ1n) is 8.60. The van der Waals surface area contributed by atoms with Crippen molar-refractivity contribution in [3.63, 3.8) is 0 Å². The molecule has 3 rings (SSSR count). The van der Waals surface area contributed by atoms with Gasteiger partial charge in [0.25, 0.3) is 5.91 Å². The van der Waals surface area contributed by atoms with Crippen LogP contribution in [0.5, 0.6) is 11.5 Å². The Hall–Kier alpha value is -3.45. The van der Waals surface area contributed by atoms with Crippen molar-refractivity contribution in [3.05, 3.63) is 94.0 Å². The summed E-state index contributed by atoms with van der Waals surface area (Å²) in [5.74, 6) is 0.318.